The van der Waals surface area contributed by atoms with Gasteiger partial charge in [-0.25, -0.2) is 4.98 Å². The lowest BCUT2D eigenvalue weighted by Crippen LogP contribution is -2.42. The number of nitrogens with zero attached hydrogens (tertiary/aromatic N) is 2. The topological polar surface area (TPSA) is 29.9 Å². The van der Waals surface area contributed by atoms with E-state index in [0.717, 1.165) is 12.5 Å². The van der Waals surface area contributed by atoms with Crippen LogP contribution in [0.4, 0.5) is 5.95 Å². The molecular formula is C11H17N3. The Morgan fingerprint density at radius 1 is 1.71 bits per heavy atom. The van der Waals surface area contributed by atoms with Crippen LogP contribution in [0.5, 0.6) is 0 Å². The second-order valence-electron chi connectivity index (χ2n) is 4.23. The number of imidazole rings is 1. The summed E-state index contributed by atoms with van der Waals surface area (Å²) in [6.07, 6.45) is 9.50. The summed E-state index contributed by atoms with van der Waals surface area (Å²) in [5, 5.41) is 3.49. The van der Waals surface area contributed by atoms with Gasteiger partial charge < -0.3 is 9.88 Å². The van der Waals surface area contributed by atoms with E-state index in [0.29, 0.717) is 0 Å². The van der Waals surface area contributed by atoms with E-state index in [1.165, 1.54) is 19.3 Å². The summed E-state index contributed by atoms with van der Waals surface area (Å²) in [5.74, 6) is 0.965. The normalized spacial score (nSPS) is 18.6. The monoisotopic (exact) mass is 191 g/mol. The third-order valence-electron chi connectivity index (χ3n) is 2.91. The molecule has 2 rings (SSSR count). The summed E-state index contributed by atoms with van der Waals surface area (Å²) in [4.78, 5) is 4.31. The molecule has 14 heavy (non-hydrogen) atoms. The molecule has 1 aromatic rings. The van der Waals surface area contributed by atoms with Crippen molar-refractivity contribution < 1.29 is 0 Å². The Bertz CT molecular complexity index is 323. The zero-order chi connectivity index (χ0) is 10.0. The minimum Gasteiger partial charge on any atom is -0.350 e. The van der Waals surface area contributed by atoms with E-state index in [-0.39, 0.29) is 5.54 Å². The predicted molar refractivity (Wildman–Crippen MR) is 58.3 cm³/mol. The smallest absolute Gasteiger partial charge is 0.203 e. The molecule has 0 spiro atoms. The summed E-state index contributed by atoms with van der Waals surface area (Å²) < 4.78 is 2.08. The van der Waals surface area contributed by atoms with Crippen LogP contribution in [0.15, 0.2) is 25.0 Å². The largest absolute Gasteiger partial charge is 0.350 e. The molecule has 1 aliphatic carbocycles. The average molecular weight is 191 g/mol. The number of anilines is 1. The molecule has 1 aromatic heterocycles. The zero-order valence-corrected chi connectivity index (χ0v) is 8.66. The van der Waals surface area contributed by atoms with Crippen molar-refractivity contribution in [2.45, 2.75) is 38.3 Å². The van der Waals surface area contributed by atoms with Gasteiger partial charge in [-0.05, 0) is 26.2 Å². The quantitative estimate of drug-likeness (QED) is 0.741. The van der Waals surface area contributed by atoms with Crippen LogP contribution in [-0.2, 0) is 6.54 Å². The van der Waals surface area contributed by atoms with Crippen LogP contribution >= 0.6 is 0 Å². The molecule has 1 heterocycles. The molecular weight excluding hydrogens is 174 g/mol. The van der Waals surface area contributed by atoms with Gasteiger partial charge in [-0.15, -0.1) is 6.58 Å². The Hall–Kier alpha value is -1.25. The average Bonchev–Trinajstić information content (AvgIpc) is 2.51. The molecule has 0 radical (unpaired) electrons. The van der Waals surface area contributed by atoms with Crippen molar-refractivity contribution >= 4 is 5.95 Å². The van der Waals surface area contributed by atoms with E-state index in [1.54, 1.807) is 0 Å². The highest BCUT2D eigenvalue weighted by Gasteiger charge is 2.32. The van der Waals surface area contributed by atoms with E-state index in [9.17, 15) is 0 Å². The number of hydrogen-bond donors (Lipinski definition) is 1. The summed E-state index contributed by atoms with van der Waals surface area (Å²) in [6.45, 7) is 6.80. The van der Waals surface area contributed by atoms with Crippen LogP contribution in [0.2, 0.25) is 0 Å². The maximum absolute atomic E-state index is 4.31. The highest BCUT2D eigenvalue weighted by Crippen LogP contribution is 2.34. The van der Waals surface area contributed by atoms with Gasteiger partial charge in [0.1, 0.15) is 0 Å². The van der Waals surface area contributed by atoms with E-state index >= 15 is 0 Å². The molecule has 0 saturated heterocycles. The van der Waals surface area contributed by atoms with Crippen molar-refractivity contribution in [1.82, 2.24) is 9.55 Å². The molecule has 0 atom stereocenters. The first-order valence-electron chi connectivity index (χ1n) is 5.14. The first-order chi connectivity index (χ1) is 6.73. The van der Waals surface area contributed by atoms with Crippen molar-refractivity contribution in [3.8, 4) is 0 Å². The van der Waals surface area contributed by atoms with Gasteiger partial charge in [0.25, 0.3) is 0 Å². The van der Waals surface area contributed by atoms with Gasteiger partial charge in [0.2, 0.25) is 5.95 Å². The standard InChI is InChI=1S/C11H17N3/c1-3-8-14-9-7-12-10(14)13-11(2)5-4-6-11/h3,7,9H,1,4-6,8H2,2H3,(H,12,13). The van der Waals surface area contributed by atoms with Crippen molar-refractivity contribution in [3.63, 3.8) is 0 Å². The summed E-state index contributed by atoms with van der Waals surface area (Å²) >= 11 is 0. The third kappa shape index (κ3) is 1.67. The van der Waals surface area contributed by atoms with Crippen molar-refractivity contribution in [3.05, 3.63) is 25.0 Å². The molecule has 76 valence electrons. The van der Waals surface area contributed by atoms with Crippen molar-refractivity contribution in [2.75, 3.05) is 5.32 Å². The first kappa shape index (κ1) is 9.31. The lowest BCUT2D eigenvalue weighted by atomic mass is 9.79. The second kappa shape index (κ2) is 3.48. The maximum Gasteiger partial charge on any atom is 0.203 e. The molecule has 3 nitrogen and oxygen atoms in total. The molecule has 0 amide bonds. The molecule has 0 aliphatic heterocycles. The van der Waals surface area contributed by atoms with Crippen LogP contribution in [0.1, 0.15) is 26.2 Å². The number of rotatable bonds is 4. The maximum atomic E-state index is 4.31. The van der Waals surface area contributed by atoms with Crippen LogP contribution < -0.4 is 5.32 Å². The van der Waals surface area contributed by atoms with Crippen LogP contribution in [0.25, 0.3) is 0 Å². The van der Waals surface area contributed by atoms with Crippen molar-refractivity contribution in [2.24, 2.45) is 0 Å². The second-order valence-corrected chi connectivity index (χ2v) is 4.23. The molecule has 0 bridgehead atoms. The first-order valence-corrected chi connectivity index (χ1v) is 5.14. The molecule has 1 fully saturated rings. The van der Waals surface area contributed by atoms with Crippen LogP contribution in [0.3, 0.4) is 0 Å². The van der Waals surface area contributed by atoms with Gasteiger partial charge in [-0.2, -0.15) is 0 Å². The Morgan fingerprint density at radius 2 is 2.50 bits per heavy atom. The Kier molecular flexibility index (Phi) is 2.32. The fourth-order valence-electron chi connectivity index (χ4n) is 1.82. The summed E-state index contributed by atoms with van der Waals surface area (Å²) in [7, 11) is 0. The number of aromatic nitrogens is 2. The van der Waals surface area contributed by atoms with Gasteiger partial charge in [0.05, 0.1) is 0 Å². The van der Waals surface area contributed by atoms with Gasteiger partial charge in [0, 0.05) is 24.5 Å². The number of hydrogen-bond acceptors (Lipinski definition) is 2. The fraction of sp³-hybridized carbons (Fsp3) is 0.545. The van der Waals surface area contributed by atoms with E-state index in [4.69, 9.17) is 0 Å². The number of nitrogens with one attached hydrogen (secondary N) is 1. The molecule has 1 N–H and O–H groups in total. The van der Waals surface area contributed by atoms with Gasteiger partial charge in [0.15, 0.2) is 0 Å². The van der Waals surface area contributed by atoms with Gasteiger partial charge >= 0.3 is 0 Å². The van der Waals surface area contributed by atoms with Gasteiger partial charge in [-0.3, -0.25) is 0 Å². The summed E-state index contributed by atoms with van der Waals surface area (Å²) in [6, 6.07) is 0. The van der Waals surface area contributed by atoms with E-state index < -0.39 is 0 Å². The summed E-state index contributed by atoms with van der Waals surface area (Å²) in [5.41, 5.74) is 0.268. The zero-order valence-electron chi connectivity index (χ0n) is 8.66. The molecule has 1 saturated carbocycles. The Balaban J connectivity index is 2.07. The minimum atomic E-state index is 0.268. The molecule has 0 aromatic carbocycles. The number of allylic oxidation sites excluding steroid dienone is 1. The molecule has 3 heteroatoms. The SMILES string of the molecule is C=CCn1ccnc1NC1(C)CCC1. The van der Waals surface area contributed by atoms with E-state index in [2.05, 4.69) is 28.4 Å². The third-order valence-corrected chi connectivity index (χ3v) is 2.91. The van der Waals surface area contributed by atoms with Crippen molar-refractivity contribution in [1.29, 1.82) is 0 Å². The van der Waals surface area contributed by atoms with Crippen LogP contribution in [0, 0.1) is 0 Å². The lowest BCUT2D eigenvalue weighted by molar-refractivity contribution is 0.304. The van der Waals surface area contributed by atoms with Gasteiger partial charge in [-0.1, -0.05) is 6.08 Å². The van der Waals surface area contributed by atoms with E-state index in [1.807, 2.05) is 18.5 Å². The fourth-order valence-corrected chi connectivity index (χ4v) is 1.82. The lowest BCUT2D eigenvalue weighted by Gasteiger charge is -2.39. The highest BCUT2D eigenvalue weighted by molar-refractivity contribution is 5.32. The highest BCUT2D eigenvalue weighted by atomic mass is 15.2. The minimum absolute atomic E-state index is 0.268. The van der Waals surface area contributed by atoms with Crippen LogP contribution in [-0.4, -0.2) is 15.1 Å². The predicted octanol–water partition coefficient (Wildman–Crippen LogP) is 2.42. The Labute approximate surface area is 84.8 Å². The molecule has 0 unspecified atom stereocenters. The molecule has 1 aliphatic rings. The Morgan fingerprint density at radius 3 is 3.07 bits per heavy atom.